The lowest BCUT2D eigenvalue weighted by Gasteiger charge is -2.32. The topological polar surface area (TPSA) is 107 Å². The van der Waals surface area contributed by atoms with Crippen molar-refractivity contribution in [1.29, 1.82) is 0 Å². The number of nitrogens with zero attached hydrogens (tertiary/aromatic N) is 3. The first kappa shape index (κ1) is 19.7. The van der Waals surface area contributed by atoms with Crippen molar-refractivity contribution in [1.82, 2.24) is 19.8 Å². The average Bonchev–Trinajstić information content (AvgIpc) is 2.77. The van der Waals surface area contributed by atoms with Crippen molar-refractivity contribution in [2.75, 3.05) is 38.5 Å². The van der Waals surface area contributed by atoms with Crippen molar-refractivity contribution >= 4 is 28.2 Å². The lowest BCUT2D eigenvalue weighted by atomic mass is 10.1. The number of benzene rings is 1. The van der Waals surface area contributed by atoms with Crippen molar-refractivity contribution < 1.29 is 4.79 Å². The Labute approximate surface area is 174 Å². The zero-order valence-corrected chi connectivity index (χ0v) is 16.8. The molecule has 30 heavy (non-hydrogen) atoms. The second kappa shape index (κ2) is 8.38. The van der Waals surface area contributed by atoms with E-state index < -0.39 is 0 Å². The molecular formula is C22H24N6O2. The van der Waals surface area contributed by atoms with Crippen LogP contribution < -0.4 is 16.6 Å². The summed E-state index contributed by atoms with van der Waals surface area (Å²) in [6, 6.07) is 10.7. The van der Waals surface area contributed by atoms with E-state index in [0.717, 1.165) is 37.3 Å². The minimum Gasteiger partial charge on any atom is -0.397 e. The van der Waals surface area contributed by atoms with E-state index in [0.29, 0.717) is 22.3 Å². The number of likely N-dealkylation sites (N-methyl/N-ethyl adjacent to an activating group) is 1. The van der Waals surface area contributed by atoms with E-state index in [-0.39, 0.29) is 11.5 Å². The molecule has 2 aromatic heterocycles. The Morgan fingerprint density at radius 1 is 1.17 bits per heavy atom. The zero-order valence-electron chi connectivity index (χ0n) is 16.8. The maximum atomic E-state index is 12.6. The smallest absolute Gasteiger partial charge is 0.257 e. The Morgan fingerprint density at radius 2 is 1.90 bits per heavy atom. The number of hydrogen-bond acceptors (Lipinski definition) is 6. The molecule has 154 valence electrons. The quantitative estimate of drug-likeness (QED) is 0.611. The van der Waals surface area contributed by atoms with Crippen LogP contribution in [0.2, 0.25) is 0 Å². The third-order valence-corrected chi connectivity index (χ3v) is 5.27. The van der Waals surface area contributed by atoms with Crippen molar-refractivity contribution in [2.24, 2.45) is 5.73 Å². The standard InChI is InChI=1S/C22H24N6O2/c1-27-8-10-28(11-9-27)22(30)15-2-4-17(5-3-15)25-14-19(23)18-12-16-13-24-7-6-20(16)26-21(18)29/h2-7,12-14,25H,8-11,23H2,1H3,(H,26,29)/b19-14-. The van der Waals surface area contributed by atoms with Gasteiger partial charge in [0, 0.05) is 61.4 Å². The van der Waals surface area contributed by atoms with Gasteiger partial charge in [0.05, 0.1) is 16.8 Å². The molecule has 1 saturated heterocycles. The molecule has 0 spiro atoms. The van der Waals surface area contributed by atoms with Crippen LogP contribution in [0, 0.1) is 0 Å². The van der Waals surface area contributed by atoms with Crippen molar-refractivity contribution in [3.05, 3.63) is 76.5 Å². The van der Waals surface area contributed by atoms with Gasteiger partial charge < -0.3 is 25.8 Å². The number of piperazine rings is 1. The molecule has 0 saturated carbocycles. The molecular weight excluding hydrogens is 380 g/mol. The molecule has 1 fully saturated rings. The van der Waals surface area contributed by atoms with Gasteiger partial charge in [0.2, 0.25) is 0 Å². The van der Waals surface area contributed by atoms with Gasteiger partial charge in [-0.05, 0) is 43.4 Å². The van der Waals surface area contributed by atoms with Crippen LogP contribution in [-0.4, -0.2) is 58.9 Å². The van der Waals surface area contributed by atoms with Gasteiger partial charge in [-0.25, -0.2) is 0 Å². The van der Waals surface area contributed by atoms with E-state index in [4.69, 9.17) is 5.73 Å². The highest BCUT2D eigenvalue weighted by Gasteiger charge is 2.20. The normalized spacial score (nSPS) is 15.4. The van der Waals surface area contributed by atoms with Gasteiger partial charge in [-0.2, -0.15) is 0 Å². The number of carbonyl (C=O) groups is 1. The first-order valence-electron chi connectivity index (χ1n) is 9.79. The fourth-order valence-electron chi connectivity index (χ4n) is 3.40. The Hall–Kier alpha value is -3.65. The molecule has 3 aromatic rings. The molecule has 1 aliphatic rings. The first-order chi connectivity index (χ1) is 14.5. The largest absolute Gasteiger partial charge is 0.397 e. The van der Waals surface area contributed by atoms with Crippen LogP contribution in [0.5, 0.6) is 0 Å². The number of aromatic nitrogens is 2. The highest BCUT2D eigenvalue weighted by molar-refractivity contribution is 5.94. The molecule has 0 aliphatic carbocycles. The molecule has 3 heterocycles. The average molecular weight is 404 g/mol. The molecule has 4 N–H and O–H groups in total. The molecule has 8 heteroatoms. The second-order valence-electron chi connectivity index (χ2n) is 7.39. The fourth-order valence-corrected chi connectivity index (χ4v) is 3.40. The predicted molar refractivity (Wildman–Crippen MR) is 118 cm³/mol. The molecule has 1 amide bonds. The van der Waals surface area contributed by atoms with Crippen molar-refractivity contribution in [3.8, 4) is 0 Å². The van der Waals surface area contributed by atoms with E-state index in [1.54, 1.807) is 42.9 Å². The van der Waals surface area contributed by atoms with Gasteiger partial charge in [0.1, 0.15) is 0 Å². The summed E-state index contributed by atoms with van der Waals surface area (Å²) in [6.45, 7) is 3.26. The number of amides is 1. The molecule has 0 bridgehead atoms. The lowest BCUT2D eigenvalue weighted by molar-refractivity contribution is 0.0664. The summed E-state index contributed by atoms with van der Waals surface area (Å²) in [6.07, 6.45) is 4.87. The summed E-state index contributed by atoms with van der Waals surface area (Å²) >= 11 is 0. The van der Waals surface area contributed by atoms with Gasteiger partial charge in [0.25, 0.3) is 11.5 Å². The van der Waals surface area contributed by atoms with Crippen LogP contribution in [0.25, 0.3) is 16.6 Å². The molecule has 8 nitrogen and oxygen atoms in total. The number of pyridine rings is 2. The summed E-state index contributed by atoms with van der Waals surface area (Å²) in [5.41, 5.74) is 8.65. The maximum Gasteiger partial charge on any atom is 0.257 e. The van der Waals surface area contributed by atoms with E-state index in [9.17, 15) is 9.59 Å². The van der Waals surface area contributed by atoms with E-state index in [2.05, 4.69) is 27.2 Å². The predicted octanol–water partition coefficient (Wildman–Crippen LogP) is 1.68. The summed E-state index contributed by atoms with van der Waals surface area (Å²) in [7, 11) is 2.06. The number of anilines is 1. The number of fused-ring (bicyclic) bond motifs is 1. The fraction of sp³-hybridized carbons (Fsp3) is 0.227. The molecule has 4 rings (SSSR count). The number of nitrogens with one attached hydrogen (secondary N) is 2. The molecule has 1 aromatic carbocycles. The second-order valence-corrected chi connectivity index (χ2v) is 7.39. The van der Waals surface area contributed by atoms with Crippen molar-refractivity contribution in [2.45, 2.75) is 0 Å². The number of aromatic amines is 1. The van der Waals surface area contributed by atoms with E-state index in [1.165, 1.54) is 0 Å². The van der Waals surface area contributed by atoms with E-state index >= 15 is 0 Å². The van der Waals surface area contributed by atoms with Crippen LogP contribution in [-0.2, 0) is 0 Å². The van der Waals surface area contributed by atoms with Crippen LogP contribution in [0.4, 0.5) is 5.69 Å². The van der Waals surface area contributed by atoms with Gasteiger partial charge >= 0.3 is 0 Å². The molecule has 1 aliphatic heterocycles. The molecule has 0 radical (unpaired) electrons. The highest BCUT2D eigenvalue weighted by atomic mass is 16.2. The molecule has 0 atom stereocenters. The summed E-state index contributed by atoms with van der Waals surface area (Å²) in [5, 5.41) is 3.88. The maximum absolute atomic E-state index is 12.6. The lowest BCUT2D eigenvalue weighted by Crippen LogP contribution is -2.47. The Morgan fingerprint density at radius 3 is 2.63 bits per heavy atom. The monoisotopic (exact) mass is 404 g/mol. The van der Waals surface area contributed by atoms with Crippen molar-refractivity contribution in [3.63, 3.8) is 0 Å². The Balaban J connectivity index is 1.46. The van der Waals surface area contributed by atoms with Gasteiger partial charge in [-0.3, -0.25) is 14.6 Å². The number of hydrogen-bond donors (Lipinski definition) is 3. The van der Waals surface area contributed by atoms with Gasteiger partial charge in [-0.15, -0.1) is 0 Å². The summed E-state index contributed by atoms with van der Waals surface area (Å²) < 4.78 is 0. The Bertz CT molecular complexity index is 1140. The SMILES string of the molecule is CN1CCN(C(=O)c2ccc(N/C=C(\N)c3cc4cnccc4[nH]c3=O)cc2)CC1. The first-order valence-corrected chi connectivity index (χ1v) is 9.79. The number of rotatable bonds is 4. The van der Waals surface area contributed by atoms with Crippen LogP contribution in [0.1, 0.15) is 15.9 Å². The van der Waals surface area contributed by atoms with Crippen LogP contribution in [0.3, 0.4) is 0 Å². The minimum atomic E-state index is -0.266. The number of carbonyl (C=O) groups excluding carboxylic acids is 1. The third-order valence-electron chi connectivity index (χ3n) is 5.27. The Kier molecular flexibility index (Phi) is 5.49. The third kappa shape index (κ3) is 4.18. The zero-order chi connectivity index (χ0) is 21.1. The summed E-state index contributed by atoms with van der Waals surface area (Å²) in [4.78, 5) is 35.9. The van der Waals surface area contributed by atoms with Gasteiger partial charge in [0.15, 0.2) is 0 Å². The van der Waals surface area contributed by atoms with Gasteiger partial charge in [-0.1, -0.05) is 0 Å². The van der Waals surface area contributed by atoms with E-state index in [1.807, 2.05) is 17.0 Å². The number of H-pyrrole nitrogens is 1. The summed E-state index contributed by atoms with van der Waals surface area (Å²) in [5.74, 6) is 0.0426. The highest BCUT2D eigenvalue weighted by Crippen LogP contribution is 2.15. The van der Waals surface area contributed by atoms with Crippen LogP contribution in [0.15, 0.2) is 59.8 Å². The minimum absolute atomic E-state index is 0.0426. The number of nitrogens with two attached hydrogens (primary N) is 1. The molecule has 0 unspecified atom stereocenters. The van der Waals surface area contributed by atoms with Crippen LogP contribution >= 0.6 is 0 Å².